The maximum absolute atomic E-state index is 12.6. The Morgan fingerprint density at radius 2 is 2.11 bits per heavy atom. The van der Waals surface area contributed by atoms with E-state index in [4.69, 9.17) is 0 Å². The van der Waals surface area contributed by atoms with Crippen LogP contribution < -0.4 is 10.2 Å². The standard InChI is InChI=1S/C20H22BrN5O/c21-17-4-5-18-15(13-17)6-11-25(18)12-9-22-19(27)16-3-1-10-26(14-16)20-23-7-2-8-24-20/h2,4-8,11,13,16H,1,3,9-10,12,14H2,(H,22,27). The van der Waals surface area contributed by atoms with Gasteiger partial charge in [0.2, 0.25) is 11.9 Å². The molecule has 0 bridgehead atoms. The molecule has 0 radical (unpaired) electrons. The van der Waals surface area contributed by atoms with Crippen LogP contribution in [0.1, 0.15) is 12.8 Å². The van der Waals surface area contributed by atoms with Gasteiger partial charge in [0, 0.05) is 60.1 Å². The number of amides is 1. The summed E-state index contributed by atoms with van der Waals surface area (Å²) in [6.07, 6.45) is 7.44. The molecule has 1 atom stereocenters. The number of nitrogens with zero attached hydrogens (tertiary/aromatic N) is 4. The number of nitrogens with one attached hydrogen (secondary N) is 1. The topological polar surface area (TPSA) is 63.1 Å². The Morgan fingerprint density at radius 3 is 2.96 bits per heavy atom. The fraction of sp³-hybridized carbons (Fsp3) is 0.350. The first kappa shape index (κ1) is 18.0. The predicted octanol–water partition coefficient (Wildman–Crippen LogP) is 3.23. The van der Waals surface area contributed by atoms with Gasteiger partial charge in [-0.1, -0.05) is 15.9 Å². The number of piperidine rings is 1. The fourth-order valence-electron chi connectivity index (χ4n) is 3.64. The van der Waals surface area contributed by atoms with E-state index in [9.17, 15) is 4.79 Å². The highest BCUT2D eigenvalue weighted by Crippen LogP contribution is 2.21. The molecule has 1 aromatic carbocycles. The summed E-state index contributed by atoms with van der Waals surface area (Å²) in [4.78, 5) is 23.3. The summed E-state index contributed by atoms with van der Waals surface area (Å²) in [7, 11) is 0. The van der Waals surface area contributed by atoms with Crippen molar-refractivity contribution in [3.05, 3.63) is 53.4 Å². The molecule has 1 N–H and O–H groups in total. The van der Waals surface area contributed by atoms with E-state index in [0.29, 0.717) is 19.0 Å². The van der Waals surface area contributed by atoms with E-state index in [2.05, 4.69) is 65.1 Å². The monoisotopic (exact) mass is 427 g/mol. The number of fused-ring (bicyclic) bond motifs is 1. The molecule has 0 saturated carbocycles. The lowest BCUT2D eigenvalue weighted by Crippen LogP contribution is -2.44. The van der Waals surface area contributed by atoms with Crippen LogP contribution in [0.5, 0.6) is 0 Å². The van der Waals surface area contributed by atoms with Crippen LogP contribution in [0.4, 0.5) is 5.95 Å². The number of rotatable bonds is 5. The number of carbonyl (C=O) groups is 1. The lowest BCUT2D eigenvalue weighted by atomic mass is 9.97. The number of benzene rings is 1. The van der Waals surface area contributed by atoms with Crippen LogP contribution in [0.25, 0.3) is 10.9 Å². The van der Waals surface area contributed by atoms with Crippen molar-refractivity contribution in [2.75, 3.05) is 24.5 Å². The molecule has 2 aromatic heterocycles. The lowest BCUT2D eigenvalue weighted by molar-refractivity contribution is -0.125. The van der Waals surface area contributed by atoms with E-state index >= 15 is 0 Å². The Labute approximate surface area is 166 Å². The fourth-order valence-corrected chi connectivity index (χ4v) is 4.02. The molecule has 1 saturated heterocycles. The van der Waals surface area contributed by atoms with E-state index in [1.165, 1.54) is 10.9 Å². The zero-order chi connectivity index (χ0) is 18.6. The van der Waals surface area contributed by atoms with Crippen molar-refractivity contribution >= 4 is 38.7 Å². The first-order chi connectivity index (χ1) is 13.2. The van der Waals surface area contributed by atoms with Gasteiger partial charge in [-0.3, -0.25) is 4.79 Å². The summed E-state index contributed by atoms with van der Waals surface area (Å²) in [5, 5.41) is 4.30. The van der Waals surface area contributed by atoms with Crippen molar-refractivity contribution in [2.45, 2.75) is 19.4 Å². The zero-order valence-corrected chi connectivity index (χ0v) is 16.6. The molecule has 3 heterocycles. The van der Waals surface area contributed by atoms with Crippen molar-refractivity contribution in [3.63, 3.8) is 0 Å². The number of anilines is 1. The van der Waals surface area contributed by atoms with Gasteiger partial charge in [-0.05, 0) is 43.2 Å². The van der Waals surface area contributed by atoms with E-state index in [-0.39, 0.29) is 11.8 Å². The molecular weight excluding hydrogens is 406 g/mol. The van der Waals surface area contributed by atoms with Crippen molar-refractivity contribution in [1.29, 1.82) is 0 Å². The SMILES string of the molecule is O=C(NCCn1ccc2cc(Br)ccc21)C1CCCN(c2ncccn2)C1. The third kappa shape index (κ3) is 4.13. The van der Waals surface area contributed by atoms with Gasteiger partial charge in [-0.15, -0.1) is 0 Å². The Hall–Kier alpha value is -2.41. The van der Waals surface area contributed by atoms with Crippen LogP contribution in [-0.2, 0) is 11.3 Å². The maximum Gasteiger partial charge on any atom is 0.225 e. The minimum Gasteiger partial charge on any atom is -0.354 e. The second-order valence-corrected chi connectivity index (χ2v) is 7.75. The summed E-state index contributed by atoms with van der Waals surface area (Å²) in [5.74, 6) is 0.815. The first-order valence-corrected chi connectivity index (χ1v) is 10.0. The first-order valence-electron chi connectivity index (χ1n) is 9.25. The third-order valence-corrected chi connectivity index (χ3v) is 5.51. The van der Waals surface area contributed by atoms with E-state index in [1.54, 1.807) is 18.5 Å². The van der Waals surface area contributed by atoms with Crippen LogP contribution in [-0.4, -0.2) is 40.1 Å². The minimum absolute atomic E-state index is 0.0140. The average molecular weight is 428 g/mol. The summed E-state index contributed by atoms with van der Waals surface area (Å²) < 4.78 is 3.25. The normalized spacial score (nSPS) is 17.2. The molecule has 0 aliphatic carbocycles. The second kappa shape index (κ2) is 8.08. The molecule has 4 rings (SSSR count). The number of halogens is 1. The van der Waals surface area contributed by atoms with Gasteiger partial charge in [0.15, 0.2) is 0 Å². The highest BCUT2D eigenvalue weighted by molar-refractivity contribution is 9.10. The molecule has 7 heteroatoms. The van der Waals surface area contributed by atoms with Crippen LogP contribution in [0.3, 0.4) is 0 Å². The van der Waals surface area contributed by atoms with Crippen molar-refractivity contribution in [2.24, 2.45) is 5.92 Å². The van der Waals surface area contributed by atoms with Gasteiger partial charge in [0.1, 0.15) is 0 Å². The molecule has 1 aliphatic heterocycles. The van der Waals surface area contributed by atoms with Crippen molar-refractivity contribution in [3.8, 4) is 0 Å². The van der Waals surface area contributed by atoms with Crippen molar-refractivity contribution in [1.82, 2.24) is 19.9 Å². The molecular formula is C20H22BrN5O. The number of hydrogen-bond donors (Lipinski definition) is 1. The molecule has 0 spiro atoms. The molecule has 6 nitrogen and oxygen atoms in total. The highest BCUT2D eigenvalue weighted by atomic mass is 79.9. The average Bonchev–Trinajstić information content (AvgIpc) is 3.10. The minimum atomic E-state index is -0.0140. The molecule has 27 heavy (non-hydrogen) atoms. The highest BCUT2D eigenvalue weighted by Gasteiger charge is 2.26. The van der Waals surface area contributed by atoms with E-state index in [0.717, 1.165) is 30.4 Å². The molecule has 1 amide bonds. The second-order valence-electron chi connectivity index (χ2n) is 6.84. The Bertz CT molecular complexity index is 927. The van der Waals surface area contributed by atoms with Crippen LogP contribution in [0.2, 0.25) is 0 Å². The molecule has 1 unspecified atom stereocenters. The summed E-state index contributed by atoms with van der Waals surface area (Å²) in [6, 6.07) is 10.1. The van der Waals surface area contributed by atoms with Gasteiger partial charge >= 0.3 is 0 Å². The largest absolute Gasteiger partial charge is 0.354 e. The molecule has 1 fully saturated rings. The summed E-state index contributed by atoms with van der Waals surface area (Å²) >= 11 is 3.50. The van der Waals surface area contributed by atoms with Crippen LogP contribution in [0.15, 0.2) is 53.4 Å². The van der Waals surface area contributed by atoms with Gasteiger partial charge in [-0.25, -0.2) is 9.97 Å². The smallest absolute Gasteiger partial charge is 0.225 e. The van der Waals surface area contributed by atoms with E-state index in [1.807, 2.05) is 6.07 Å². The number of aromatic nitrogens is 3. The lowest BCUT2D eigenvalue weighted by Gasteiger charge is -2.31. The van der Waals surface area contributed by atoms with Gasteiger partial charge in [-0.2, -0.15) is 0 Å². The van der Waals surface area contributed by atoms with Gasteiger partial charge in [0.25, 0.3) is 0 Å². The Morgan fingerprint density at radius 1 is 1.26 bits per heavy atom. The van der Waals surface area contributed by atoms with Crippen molar-refractivity contribution < 1.29 is 4.79 Å². The number of carbonyl (C=O) groups excluding carboxylic acids is 1. The number of hydrogen-bond acceptors (Lipinski definition) is 4. The summed E-state index contributed by atoms with van der Waals surface area (Å²) in [5.41, 5.74) is 1.18. The third-order valence-electron chi connectivity index (χ3n) is 5.01. The quantitative estimate of drug-likeness (QED) is 0.678. The Balaban J connectivity index is 1.32. The predicted molar refractivity (Wildman–Crippen MR) is 110 cm³/mol. The maximum atomic E-state index is 12.6. The molecule has 140 valence electrons. The summed E-state index contributed by atoms with van der Waals surface area (Å²) in [6.45, 7) is 2.96. The molecule has 3 aromatic rings. The zero-order valence-electron chi connectivity index (χ0n) is 15.0. The van der Waals surface area contributed by atoms with Crippen LogP contribution in [0, 0.1) is 5.92 Å². The molecule has 1 aliphatic rings. The van der Waals surface area contributed by atoms with Crippen LogP contribution >= 0.6 is 15.9 Å². The van der Waals surface area contributed by atoms with E-state index < -0.39 is 0 Å². The Kier molecular flexibility index (Phi) is 5.38. The van der Waals surface area contributed by atoms with Gasteiger partial charge < -0.3 is 14.8 Å². The van der Waals surface area contributed by atoms with Gasteiger partial charge in [0.05, 0.1) is 5.92 Å².